The van der Waals surface area contributed by atoms with Crippen LogP contribution in [-0.2, 0) is 27.6 Å². The molecule has 0 amide bonds. The Hall–Kier alpha value is -3.00. The Labute approximate surface area is 236 Å². The number of halogens is 3. The fraction of sp³-hybridized carbons (Fsp3) is 0.269. The third-order valence-electron chi connectivity index (χ3n) is 6.34. The first-order valence-corrected chi connectivity index (χ1v) is 15.3. The van der Waals surface area contributed by atoms with Crippen molar-refractivity contribution < 1.29 is 26.7 Å². The average molecular weight is 638 g/mol. The molecule has 2 aromatic carbocycles. The van der Waals surface area contributed by atoms with Crippen LogP contribution in [0.5, 0.6) is 0 Å². The highest BCUT2D eigenvalue weighted by Gasteiger charge is 2.30. The summed E-state index contributed by atoms with van der Waals surface area (Å²) in [6.45, 7) is 1.92. The zero-order chi connectivity index (χ0) is 27.9. The Morgan fingerprint density at radius 1 is 1.21 bits per heavy atom. The molecule has 1 aliphatic rings. The first-order valence-electron chi connectivity index (χ1n) is 12.1. The molecule has 1 fully saturated rings. The van der Waals surface area contributed by atoms with Gasteiger partial charge in [0.1, 0.15) is 11.6 Å². The molecule has 0 radical (unpaired) electrons. The van der Waals surface area contributed by atoms with Gasteiger partial charge in [-0.15, -0.1) is 11.3 Å². The summed E-state index contributed by atoms with van der Waals surface area (Å²) < 4.78 is 59.6. The number of rotatable bonds is 9. The number of aromatic nitrogens is 3. The van der Waals surface area contributed by atoms with Crippen molar-refractivity contribution in [3.8, 4) is 16.4 Å². The first-order chi connectivity index (χ1) is 18.5. The lowest BCUT2D eigenvalue weighted by molar-refractivity contribution is 0.0520. The average Bonchev–Trinajstić information content (AvgIpc) is 3.44. The minimum atomic E-state index is -4.07. The molecule has 2 heterocycles. The third-order valence-corrected chi connectivity index (χ3v) is 8.67. The van der Waals surface area contributed by atoms with Crippen molar-refractivity contribution in [3.63, 3.8) is 0 Å². The minimum Gasteiger partial charge on any atom is -0.461 e. The lowest BCUT2D eigenvalue weighted by Gasteiger charge is -2.10. The van der Waals surface area contributed by atoms with Crippen LogP contribution in [0.15, 0.2) is 51.1 Å². The van der Waals surface area contributed by atoms with Crippen molar-refractivity contribution in [2.75, 3.05) is 6.61 Å². The minimum absolute atomic E-state index is 0.0826. The number of nitrogens with two attached hydrogens (primary N) is 1. The van der Waals surface area contributed by atoms with Crippen molar-refractivity contribution >= 4 is 43.3 Å². The largest absolute Gasteiger partial charge is 0.461 e. The van der Waals surface area contributed by atoms with Crippen molar-refractivity contribution in [1.82, 2.24) is 14.8 Å². The Morgan fingerprint density at radius 3 is 2.62 bits per heavy atom. The van der Waals surface area contributed by atoms with Crippen LogP contribution in [0, 0.1) is 17.6 Å². The van der Waals surface area contributed by atoms with Gasteiger partial charge in [-0.25, -0.2) is 36.8 Å². The molecule has 0 spiro atoms. The Morgan fingerprint density at radius 2 is 1.97 bits per heavy atom. The molecular weight excluding hydrogens is 614 g/mol. The molecule has 0 saturated heterocycles. The predicted molar refractivity (Wildman–Crippen MR) is 145 cm³/mol. The van der Waals surface area contributed by atoms with Crippen LogP contribution in [0.1, 0.15) is 47.1 Å². The van der Waals surface area contributed by atoms with E-state index in [0.29, 0.717) is 34.3 Å². The number of esters is 1. The molecule has 0 atom stereocenters. The fourth-order valence-corrected chi connectivity index (χ4v) is 5.88. The van der Waals surface area contributed by atoms with E-state index in [1.54, 1.807) is 29.1 Å². The highest BCUT2D eigenvalue weighted by atomic mass is 79.9. The van der Waals surface area contributed by atoms with E-state index in [4.69, 9.17) is 15.0 Å². The molecule has 1 saturated carbocycles. The molecule has 0 aliphatic heterocycles. The number of hydrogen-bond donors (Lipinski definition) is 1. The normalized spacial score (nSPS) is 13.6. The van der Waals surface area contributed by atoms with Crippen molar-refractivity contribution in [3.05, 3.63) is 80.4 Å². The second kappa shape index (κ2) is 10.9. The first kappa shape index (κ1) is 27.6. The van der Waals surface area contributed by atoms with Gasteiger partial charge in [0.2, 0.25) is 15.2 Å². The number of thiazole rings is 1. The van der Waals surface area contributed by atoms with E-state index in [1.165, 1.54) is 29.5 Å². The lowest BCUT2D eigenvalue weighted by Crippen LogP contribution is -2.13. The van der Waals surface area contributed by atoms with Gasteiger partial charge in [0, 0.05) is 22.9 Å². The van der Waals surface area contributed by atoms with Gasteiger partial charge in [0.05, 0.1) is 27.4 Å². The summed E-state index contributed by atoms with van der Waals surface area (Å²) in [7, 11) is -4.07. The molecule has 5 rings (SSSR count). The van der Waals surface area contributed by atoms with E-state index in [9.17, 15) is 17.6 Å². The summed E-state index contributed by atoms with van der Waals surface area (Å²) in [4.78, 5) is 16.4. The van der Waals surface area contributed by atoms with Crippen molar-refractivity contribution in [1.29, 1.82) is 0 Å². The summed E-state index contributed by atoms with van der Waals surface area (Å²) >= 11 is 4.45. The number of ether oxygens (including phenoxy) is 1. The SMILES string of the molecule is CCOC(=O)c1csc(-n2nc(-c3ccc(F)c(Br)c3)c(Cc3ccc(S(N)(=O)=O)cc3F)c2CC2CC2)n1. The Balaban J connectivity index is 1.67. The number of carbonyl (C=O) groups is 1. The molecule has 39 heavy (non-hydrogen) atoms. The predicted octanol–water partition coefficient (Wildman–Crippen LogP) is 5.40. The number of benzene rings is 2. The van der Waals surface area contributed by atoms with Crippen molar-refractivity contribution in [2.45, 2.75) is 37.5 Å². The van der Waals surface area contributed by atoms with Crippen LogP contribution in [0.3, 0.4) is 0 Å². The lowest BCUT2D eigenvalue weighted by atomic mass is 9.96. The molecule has 8 nitrogen and oxygen atoms in total. The van der Waals surface area contributed by atoms with Crippen LogP contribution in [0.25, 0.3) is 16.4 Å². The van der Waals surface area contributed by atoms with Crippen LogP contribution >= 0.6 is 27.3 Å². The molecule has 2 aromatic heterocycles. The fourth-order valence-electron chi connectivity index (χ4n) is 4.21. The van der Waals surface area contributed by atoms with E-state index in [1.807, 2.05) is 0 Å². The summed E-state index contributed by atoms with van der Waals surface area (Å²) in [6.07, 6.45) is 2.78. The highest BCUT2D eigenvalue weighted by Crippen LogP contribution is 2.39. The van der Waals surface area contributed by atoms with E-state index >= 15 is 4.39 Å². The van der Waals surface area contributed by atoms with Gasteiger partial charge >= 0.3 is 5.97 Å². The quantitative estimate of drug-likeness (QED) is 0.246. The molecule has 2 N–H and O–H groups in total. The molecule has 1 aliphatic carbocycles. The van der Waals surface area contributed by atoms with Crippen molar-refractivity contribution in [2.24, 2.45) is 11.1 Å². The van der Waals surface area contributed by atoms with Gasteiger partial charge in [-0.3, -0.25) is 0 Å². The van der Waals surface area contributed by atoms with Gasteiger partial charge < -0.3 is 4.74 Å². The number of hydrogen-bond acceptors (Lipinski definition) is 7. The van der Waals surface area contributed by atoms with Gasteiger partial charge in [-0.05, 0) is 83.9 Å². The molecule has 13 heteroatoms. The zero-order valence-corrected chi connectivity index (χ0v) is 23.9. The number of carbonyl (C=O) groups excluding carboxylic acids is 1. The molecule has 0 bridgehead atoms. The summed E-state index contributed by atoms with van der Waals surface area (Å²) in [5.74, 6) is -1.31. The van der Waals surface area contributed by atoms with E-state index < -0.39 is 27.6 Å². The molecule has 4 aromatic rings. The van der Waals surface area contributed by atoms with E-state index in [2.05, 4.69) is 20.9 Å². The third kappa shape index (κ3) is 5.96. The number of sulfonamides is 1. The summed E-state index contributed by atoms with van der Waals surface area (Å²) in [6, 6.07) is 8.05. The maximum Gasteiger partial charge on any atom is 0.357 e. The van der Waals surface area contributed by atoms with Crippen LogP contribution in [0.4, 0.5) is 8.78 Å². The van der Waals surface area contributed by atoms with Crippen LogP contribution in [-0.4, -0.2) is 35.8 Å². The number of nitrogens with zero attached hydrogens (tertiary/aromatic N) is 3. The van der Waals surface area contributed by atoms with Gasteiger partial charge in [0.15, 0.2) is 5.69 Å². The van der Waals surface area contributed by atoms with Gasteiger partial charge in [0.25, 0.3) is 0 Å². The zero-order valence-electron chi connectivity index (χ0n) is 20.7. The molecule has 204 valence electrons. The van der Waals surface area contributed by atoms with Crippen LogP contribution < -0.4 is 5.14 Å². The second-order valence-electron chi connectivity index (χ2n) is 9.17. The van der Waals surface area contributed by atoms with E-state index in [-0.39, 0.29) is 33.7 Å². The monoisotopic (exact) mass is 636 g/mol. The standard InChI is InChI=1S/C26H23BrF2N4O4S2/c1-2-37-25(34)22-13-38-26(31-22)33-23(9-14-3-4-14)18(24(32-33)16-6-8-20(28)19(27)11-16)10-15-5-7-17(12-21(15)29)39(30,35)36/h5-8,11-14H,2-4,9-10H2,1H3,(H2,30,35,36). The van der Waals surface area contributed by atoms with E-state index in [0.717, 1.165) is 24.6 Å². The smallest absolute Gasteiger partial charge is 0.357 e. The number of primary sulfonamides is 1. The topological polar surface area (TPSA) is 117 Å². The highest BCUT2D eigenvalue weighted by molar-refractivity contribution is 9.10. The Bertz CT molecular complexity index is 1680. The summed E-state index contributed by atoms with van der Waals surface area (Å²) in [5, 5.41) is 12.0. The molecule has 0 unspecified atom stereocenters. The summed E-state index contributed by atoms with van der Waals surface area (Å²) in [5.41, 5.74) is 2.96. The van der Waals surface area contributed by atoms with Gasteiger partial charge in [-0.1, -0.05) is 6.07 Å². The Kier molecular flexibility index (Phi) is 7.68. The second-order valence-corrected chi connectivity index (χ2v) is 12.4. The maximum atomic E-state index is 15.2. The molecular formula is C26H23BrF2N4O4S2. The van der Waals surface area contributed by atoms with Crippen LogP contribution in [0.2, 0.25) is 0 Å². The van der Waals surface area contributed by atoms with Gasteiger partial charge in [-0.2, -0.15) is 5.10 Å². The maximum absolute atomic E-state index is 15.2.